The lowest BCUT2D eigenvalue weighted by Crippen LogP contribution is -2.33. The van der Waals surface area contributed by atoms with Gasteiger partial charge in [-0.25, -0.2) is 0 Å². The van der Waals surface area contributed by atoms with Gasteiger partial charge in [-0.15, -0.1) is 0 Å². The van der Waals surface area contributed by atoms with Crippen LogP contribution >= 0.6 is 0 Å². The lowest BCUT2D eigenvalue weighted by molar-refractivity contribution is -0.117. The van der Waals surface area contributed by atoms with Crippen molar-refractivity contribution in [2.75, 3.05) is 32.1 Å². The van der Waals surface area contributed by atoms with Crippen LogP contribution in [-0.2, 0) is 11.8 Å². The molecule has 0 atom stereocenters. The Morgan fingerprint density at radius 2 is 2.00 bits per heavy atom. The number of hydrogen-bond donors (Lipinski definition) is 1. The maximum absolute atomic E-state index is 12.2. The van der Waals surface area contributed by atoms with Gasteiger partial charge in [0.2, 0.25) is 5.91 Å². The molecule has 0 spiro atoms. The fourth-order valence-electron chi connectivity index (χ4n) is 2.49. The van der Waals surface area contributed by atoms with Crippen LogP contribution < -0.4 is 10.1 Å². The zero-order valence-corrected chi connectivity index (χ0v) is 15.1. The summed E-state index contributed by atoms with van der Waals surface area (Å²) >= 11 is 0. The van der Waals surface area contributed by atoms with Crippen molar-refractivity contribution in [1.29, 1.82) is 0 Å². The van der Waals surface area contributed by atoms with Gasteiger partial charge in [-0.3, -0.25) is 14.4 Å². The van der Waals surface area contributed by atoms with E-state index in [0.29, 0.717) is 19.7 Å². The van der Waals surface area contributed by atoms with Gasteiger partial charge in [0.25, 0.3) is 0 Å². The standard InChI is InChI=1S/C18H26N4O2/c1-13-8-6-7-9-16(13)24-11-10-21(4)12-17(23)19-18-14(2)20-22(5)15(18)3/h6-9H,10-12H2,1-5H3,(H,19,23). The van der Waals surface area contributed by atoms with Crippen LogP contribution in [0.3, 0.4) is 0 Å². The number of hydrogen-bond acceptors (Lipinski definition) is 4. The van der Waals surface area contributed by atoms with Gasteiger partial charge in [0.15, 0.2) is 0 Å². The molecule has 0 aliphatic rings. The zero-order valence-electron chi connectivity index (χ0n) is 15.1. The van der Waals surface area contributed by atoms with Crippen LogP contribution in [0.2, 0.25) is 0 Å². The highest BCUT2D eigenvalue weighted by Gasteiger charge is 2.13. The lowest BCUT2D eigenvalue weighted by Gasteiger charge is -2.17. The number of carbonyl (C=O) groups excluding carboxylic acids is 1. The molecule has 1 amide bonds. The fraction of sp³-hybridized carbons (Fsp3) is 0.444. The fourth-order valence-corrected chi connectivity index (χ4v) is 2.49. The van der Waals surface area contributed by atoms with Crippen LogP contribution in [0, 0.1) is 20.8 Å². The molecule has 0 radical (unpaired) electrons. The zero-order chi connectivity index (χ0) is 17.7. The van der Waals surface area contributed by atoms with Crippen LogP contribution in [0.25, 0.3) is 0 Å². The van der Waals surface area contributed by atoms with Crippen molar-refractivity contribution in [1.82, 2.24) is 14.7 Å². The maximum Gasteiger partial charge on any atom is 0.238 e. The summed E-state index contributed by atoms with van der Waals surface area (Å²) in [7, 11) is 3.77. The van der Waals surface area contributed by atoms with Crippen LogP contribution in [0.5, 0.6) is 5.75 Å². The third-order valence-electron chi connectivity index (χ3n) is 4.01. The molecule has 0 bridgehead atoms. The largest absolute Gasteiger partial charge is 0.492 e. The predicted molar refractivity (Wildman–Crippen MR) is 95.5 cm³/mol. The average Bonchev–Trinajstić information content (AvgIpc) is 2.75. The second-order valence-electron chi connectivity index (χ2n) is 6.07. The molecule has 0 saturated heterocycles. The van der Waals surface area contributed by atoms with E-state index in [1.165, 1.54) is 0 Å². The number of ether oxygens (including phenoxy) is 1. The number of anilines is 1. The van der Waals surface area contributed by atoms with Gasteiger partial charge in [0.05, 0.1) is 23.6 Å². The van der Waals surface area contributed by atoms with Crippen LogP contribution in [0.4, 0.5) is 5.69 Å². The first-order chi connectivity index (χ1) is 11.4. The molecule has 1 aromatic carbocycles. The number of aromatic nitrogens is 2. The number of rotatable bonds is 7. The number of aryl methyl sites for hydroxylation is 3. The quantitative estimate of drug-likeness (QED) is 0.846. The third kappa shape index (κ3) is 4.58. The highest BCUT2D eigenvalue weighted by molar-refractivity contribution is 5.93. The predicted octanol–water partition coefficient (Wildman–Crippen LogP) is 2.29. The average molecular weight is 330 g/mol. The number of benzene rings is 1. The monoisotopic (exact) mass is 330 g/mol. The molecule has 2 rings (SSSR count). The Labute approximate surface area is 143 Å². The van der Waals surface area contributed by atoms with Crippen molar-refractivity contribution in [3.8, 4) is 5.75 Å². The first-order valence-electron chi connectivity index (χ1n) is 8.05. The first-order valence-corrected chi connectivity index (χ1v) is 8.05. The molecule has 0 unspecified atom stereocenters. The first kappa shape index (κ1) is 18.0. The van der Waals surface area contributed by atoms with E-state index in [1.54, 1.807) is 4.68 Å². The van der Waals surface area contributed by atoms with E-state index in [4.69, 9.17) is 4.74 Å². The minimum Gasteiger partial charge on any atom is -0.492 e. The van der Waals surface area contributed by atoms with E-state index in [0.717, 1.165) is 28.4 Å². The summed E-state index contributed by atoms with van der Waals surface area (Å²) in [6, 6.07) is 7.92. The van der Waals surface area contributed by atoms with Gasteiger partial charge in [-0.1, -0.05) is 18.2 Å². The van der Waals surface area contributed by atoms with Crippen LogP contribution in [0.15, 0.2) is 24.3 Å². The Hall–Kier alpha value is -2.34. The third-order valence-corrected chi connectivity index (χ3v) is 4.01. The van der Waals surface area contributed by atoms with Gasteiger partial charge in [-0.2, -0.15) is 5.10 Å². The molecule has 6 nitrogen and oxygen atoms in total. The van der Waals surface area contributed by atoms with Crippen molar-refractivity contribution in [3.63, 3.8) is 0 Å². The summed E-state index contributed by atoms with van der Waals surface area (Å²) in [5.41, 5.74) is 3.69. The van der Waals surface area contributed by atoms with Gasteiger partial charge in [0, 0.05) is 13.6 Å². The van der Waals surface area contributed by atoms with Crippen molar-refractivity contribution < 1.29 is 9.53 Å². The second kappa shape index (κ2) is 7.97. The van der Waals surface area contributed by atoms with Crippen molar-refractivity contribution >= 4 is 11.6 Å². The van der Waals surface area contributed by atoms with E-state index in [9.17, 15) is 4.79 Å². The number of likely N-dealkylation sites (N-methyl/N-ethyl adjacent to an activating group) is 1. The van der Waals surface area contributed by atoms with Crippen molar-refractivity contribution in [2.45, 2.75) is 20.8 Å². The van der Waals surface area contributed by atoms with Crippen LogP contribution in [-0.4, -0.2) is 47.3 Å². The van der Waals surface area contributed by atoms with Gasteiger partial charge < -0.3 is 10.1 Å². The van der Waals surface area contributed by atoms with Crippen molar-refractivity contribution in [2.24, 2.45) is 7.05 Å². The normalized spacial score (nSPS) is 10.9. The van der Waals surface area contributed by atoms with E-state index in [-0.39, 0.29) is 5.91 Å². The Kier molecular flexibility index (Phi) is 5.98. The van der Waals surface area contributed by atoms with E-state index < -0.39 is 0 Å². The summed E-state index contributed by atoms with van der Waals surface area (Å²) in [6.07, 6.45) is 0. The Morgan fingerprint density at radius 3 is 2.62 bits per heavy atom. The summed E-state index contributed by atoms with van der Waals surface area (Å²) in [5.74, 6) is 0.838. The van der Waals surface area contributed by atoms with Gasteiger partial charge in [0.1, 0.15) is 12.4 Å². The minimum atomic E-state index is -0.0485. The molecule has 24 heavy (non-hydrogen) atoms. The second-order valence-corrected chi connectivity index (χ2v) is 6.07. The molecular formula is C18H26N4O2. The Bertz CT molecular complexity index is 709. The molecule has 0 fully saturated rings. The van der Waals surface area contributed by atoms with E-state index in [2.05, 4.69) is 10.4 Å². The molecule has 1 N–H and O–H groups in total. The molecule has 1 heterocycles. The molecule has 2 aromatic rings. The molecule has 6 heteroatoms. The highest BCUT2D eigenvalue weighted by Crippen LogP contribution is 2.18. The minimum absolute atomic E-state index is 0.0485. The Balaban J connectivity index is 1.78. The molecular weight excluding hydrogens is 304 g/mol. The van der Waals surface area contributed by atoms with Crippen molar-refractivity contribution in [3.05, 3.63) is 41.2 Å². The summed E-state index contributed by atoms with van der Waals surface area (Å²) < 4.78 is 7.53. The SMILES string of the molecule is Cc1ccccc1OCCN(C)CC(=O)Nc1c(C)nn(C)c1C. The number of amides is 1. The number of nitrogens with one attached hydrogen (secondary N) is 1. The molecule has 0 saturated carbocycles. The number of para-hydroxylation sites is 1. The highest BCUT2D eigenvalue weighted by atomic mass is 16.5. The smallest absolute Gasteiger partial charge is 0.238 e. The molecule has 0 aliphatic carbocycles. The van der Waals surface area contributed by atoms with Gasteiger partial charge in [-0.05, 0) is 39.4 Å². The Morgan fingerprint density at radius 1 is 1.29 bits per heavy atom. The lowest BCUT2D eigenvalue weighted by atomic mass is 10.2. The summed E-state index contributed by atoms with van der Waals surface area (Å²) in [4.78, 5) is 14.1. The summed E-state index contributed by atoms with van der Waals surface area (Å²) in [6.45, 7) is 7.38. The van der Waals surface area contributed by atoms with E-state index >= 15 is 0 Å². The maximum atomic E-state index is 12.2. The molecule has 130 valence electrons. The topological polar surface area (TPSA) is 59.4 Å². The van der Waals surface area contributed by atoms with Gasteiger partial charge >= 0.3 is 0 Å². The van der Waals surface area contributed by atoms with Crippen LogP contribution in [0.1, 0.15) is 17.0 Å². The number of nitrogens with zero attached hydrogens (tertiary/aromatic N) is 3. The molecule has 1 aromatic heterocycles. The number of carbonyl (C=O) groups is 1. The van der Waals surface area contributed by atoms with E-state index in [1.807, 2.05) is 64.0 Å². The summed E-state index contributed by atoms with van der Waals surface area (Å²) in [5, 5.41) is 7.25. The molecule has 0 aliphatic heterocycles.